The zero-order chi connectivity index (χ0) is 16.0. The maximum Gasteiger partial charge on any atom is 0.224 e. The number of aromatic nitrogens is 2. The van der Waals surface area contributed by atoms with Gasteiger partial charge in [0.25, 0.3) is 0 Å². The van der Waals surface area contributed by atoms with E-state index in [1.807, 2.05) is 4.90 Å². The van der Waals surface area contributed by atoms with Crippen LogP contribution in [0, 0.1) is 11.7 Å². The second-order valence-electron chi connectivity index (χ2n) is 6.92. The van der Waals surface area contributed by atoms with E-state index in [-0.39, 0.29) is 11.7 Å². The van der Waals surface area contributed by atoms with Gasteiger partial charge < -0.3 is 9.47 Å². The van der Waals surface area contributed by atoms with Crippen molar-refractivity contribution in [2.24, 2.45) is 5.92 Å². The summed E-state index contributed by atoms with van der Waals surface area (Å²) in [6, 6.07) is 4.75. The van der Waals surface area contributed by atoms with Crippen LogP contribution in [-0.4, -0.2) is 26.9 Å². The Bertz CT molecular complexity index is 750. The molecule has 1 aromatic heterocycles. The molecule has 0 spiro atoms. The van der Waals surface area contributed by atoms with E-state index in [0.717, 1.165) is 43.6 Å². The van der Waals surface area contributed by atoms with Crippen molar-refractivity contribution in [3.8, 4) is 0 Å². The molecule has 0 bridgehead atoms. The molecule has 1 aliphatic carbocycles. The van der Waals surface area contributed by atoms with Crippen LogP contribution < -0.4 is 0 Å². The highest BCUT2D eigenvalue weighted by Gasteiger charge is 2.33. The molecule has 2 aliphatic rings. The number of hydrogen-bond donors (Lipinski definition) is 0. The van der Waals surface area contributed by atoms with Crippen molar-refractivity contribution in [3.05, 3.63) is 29.8 Å². The molecule has 1 amide bonds. The van der Waals surface area contributed by atoms with Gasteiger partial charge in [-0.25, -0.2) is 9.37 Å². The van der Waals surface area contributed by atoms with Crippen molar-refractivity contribution in [1.82, 2.24) is 14.5 Å². The molecule has 1 aromatic carbocycles. The highest BCUT2D eigenvalue weighted by Crippen LogP contribution is 2.41. The van der Waals surface area contributed by atoms with E-state index in [2.05, 4.69) is 16.5 Å². The van der Waals surface area contributed by atoms with E-state index in [1.165, 1.54) is 12.1 Å². The number of amides is 1. The topological polar surface area (TPSA) is 38.1 Å². The predicted molar refractivity (Wildman–Crippen MR) is 86.4 cm³/mol. The predicted octanol–water partition coefficient (Wildman–Crippen LogP) is 3.66. The Morgan fingerprint density at radius 3 is 2.91 bits per heavy atom. The van der Waals surface area contributed by atoms with Gasteiger partial charge in [-0.05, 0) is 37.3 Å². The first kappa shape index (κ1) is 14.7. The number of imidazole rings is 1. The fourth-order valence-corrected chi connectivity index (χ4v) is 3.69. The smallest absolute Gasteiger partial charge is 0.224 e. The number of likely N-dealkylation sites (tertiary alicyclic amines) is 1. The van der Waals surface area contributed by atoms with Crippen LogP contribution in [0.25, 0.3) is 11.0 Å². The van der Waals surface area contributed by atoms with Gasteiger partial charge in [-0.3, -0.25) is 4.79 Å². The van der Waals surface area contributed by atoms with Gasteiger partial charge in [-0.2, -0.15) is 0 Å². The van der Waals surface area contributed by atoms with Gasteiger partial charge in [0.1, 0.15) is 11.6 Å². The average Bonchev–Trinajstić information content (AvgIpc) is 3.22. The van der Waals surface area contributed by atoms with Crippen molar-refractivity contribution >= 4 is 16.9 Å². The number of carbonyl (C=O) groups excluding carboxylic acids is 1. The third kappa shape index (κ3) is 2.73. The minimum Gasteiger partial charge on any atom is -0.324 e. The molecule has 2 aromatic rings. The van der Waals surface area contributed by atoms with Crippen LogP contribution in [-0.2, 0) is 11.5 Å². The lowest BCUT2D eigenvalue weighted by molar-refractivity contribution is -0.129. The maximum absolute atomic E-state index is 13.5. The minimum atomic E-state index is -0.259. The summed E-state index contributed by atoms with van der Waals surface area (Å²) in [5, 5.41) is 0. The molecule has 122 valence electrons. The van der Waals surface area contributed by atoms with Crippen LogP contribution >= 0.6 is 0 Å². The second kappa shape index (κ2) is 5.62. The molecule has 1 saturated heterocycles. The van der Waals surface area contributed by atoms with Crippen LogP contribution in [0.5, 0.6) is 0 Å². The highest BCUT2D eigenvalue weighted by molar-refractivity contribution is 5.79. The molecular formula is C18H22FN3O. The molecule has 1 unspecified atom stereocenters. The van der Waals surface area contributed by atoms with Crippen LogP contribution in [0.4, 0.5) is 4.39 Å². The number of halogens is 1. The molecule has 4 rings (SSSR count). The molecule has 0 radical (unpaired) electrons. The monoisotopic (exact) mass is 315 g/mol. The van der Waals surface area contributed by atoms with Gasteiger partial charge in [0.15, 0.2) is 0 Å². The van der Waals surface area contributed by atoms with Gasteiger partial charge in [-0.15, -0.1) is 0 Å². The number of rotatable bonds is 5. The van der Waals surface area contributed by atoms with Gasteiger partial charge in [-0.1, -0.05) is 13.3 Å². The summed E-state index contributed by atoms with van der Waals surface area (Å²) in [6.45, 7) is 3.54. The third-order valence-corrected chi connectivity index (χ3v) is 4.99. The molecule has 0 N–H and O–H groups in total. The minimum absolute atomic E-state index is 0.231. The number of hydrogen-bond acceptors (Lipinski definition) is 2. The van der Waals surface area contributed by atoms with Crippen LogP contribution in [0.2, 0.25) is 0 Å². The van der Waals surface area contributed by atoms with E-state index < -0.39 is 0 Å². The van der Waals surface area contributed by atoms with E-state index in [9.17, 15) is 9.18 Å². The first-order valence-electron chi connectivity index (χ1n) is 8.59. The lowest BCUT2D eigenvalue weighted by atomic mass is 10.0. The lowest BCUT2D eigenvalue weighted by Gasteiger charge is -2.19. The Kier molecular flexibility index (Phi) is 3.58. The number of benzene rings is 1. The molecule has 2 heterocycles. The number of nitrogens with zero attached hydrogens (tertiary/aromatic N) is 3. The zero-order valence-corrected chi connectivity index (χ0v) is 13.5. The molecule has 1 aliphatic heterocycles. The Balaban J connectivity index is 1.65. The van der Waals surface area contributed by atoms with Crippen molar-refractivity contribution < 1.29 is 9.18 Å². The second-order valence-corrected chi connectivity index (χ2v) is 6.92. The standard InChI is InChI=1S/C18H22FN3O/c1-2-3-12-8-17(23)21(10-12)11-22-16-7-6-14(19)9-15(16)20-18(22)13-4-5-13/h6-7,9,12-13H,2-5,8,10-11H2,1H3. The summed E-state index contributed by atoms with van der Waals surface area (Å²) >= 11 is 0. The summed E-state index contributed by atoms with van der Waals surface area (Å²) < 4.78 is 15.6. The Labute approximate surface area is 135 Å². The van der Waals surface area contributed by atoms with Crippen LogP contribution in [0.1, 0.15) is 50.8 Å². The fourth-order valence-electron chi connectivity index (χ4n) is 3.69. The molecule has 1 atom stereocenters. The zero-order valence-electron chi connectivity index (χ0n) is 13.5. The fraction of sp³-hybridized carbons (Fsp3) is 0.556. The summed E-state index contributed by atoms with van der Waals surface area (Å²) in [6.07, 6.45) is 5.16. The van der Waals surface area contributed by atoms with Gasteiger partial charge in [0, 0.05) is 24.9 Å². The quantitative estimate of drug-likeness (QED) is 0.844. The summed E-state index contributed by atoms with van der Waals surface area (Å²) in [4.78, 5) is 18.9. The first-order valence-corrected chi connectivity index (χ1v) is 8.59. The SMILES string of the molecule is CCCC1CC(=O)N(Cn2c(C3CC3)nc3cc(F)ccc32)C1. The van der Waals surface area contributed by atoms with E-state index in [4.69, 9.17) is 0 Å². The van der Waals surface area contributed by atoms with Crippen molar-refractivity contribution in [2.45, 2.75) is 51.6 Å². The molecule has 23 heavy (non-hydrogen) atoms. The highest BCUT2D eigenvalue weighted by atomic mass is 19.1. The molecule has 5 heteroatoms. The summed E-state index contributed by atoms with van der Waals surface area (Å²) in [5.74, 6) is 1.93. The number of fused-ring (bicyclic) bond motifs is 1. The third-order valence-electron chi connectivity index (χ3n) is 4.99. The van der Waals surface area contributed by atoms with Crippen LogP contribution in [0.15, 0.2) is 18.2 Å². The average molecular weight is 315 g/mol. The van der Waals surface area contributed by atoms with Crippen molar-refractivity contribution in [2.75, 3.05) is 6.54 Å². The van der Waals surface area contributed by atoms with Gasteiger partial charge >= 0.3 is 0 Å². The maximum atomic E-state index is 13.5. The Morgan fingerprint density at radius 2 is 2.17 bits per heavy atom. The van der Waals surface area contributed by atoms with Gasteiger partial charge in [0.2, 0.25) is 5.91 Å². The van der Waals surface area contributed by atoms with E-state index in [0.29, 0.717) is 30.4 Å². The molecular weight excluding hydrogens is 293 g/mol. The van der Waals surface area contributed by atoms with Gasteiger partial charge in [0.05, 0.1) is 17.7 Å². The normalized spacial score (nSPS) is 21.6. The molecule has 4 nitrogen and oxygen atoms in total. The van der Waals surface area contributed by atoms with E-state index in [1.54, 1.807) is 6.07 Å². The molecule has 1 saturated carbocycles. The van der Waals surface area contributed by atoms with Crippen molar-refractivity contribution in [3.63, 3.8) is 0 Å². The number of carbonyl (C=O) groups is 1. The molecule has 2 fully saturated rings. The Morgan fingerprint density at radius 1 is 1.35 bits per heavy atom. The summed E-state index contributed by atoms with van der Waals surface area (Å²) in [7, 11) is 0. The summed E-state index contributed by atoms with van der Waals surface area (Å²) in [5.41, 5.74) is 1.63. The Hall–Kier alpha value is -1.91. The van der Waals surface area contributed by atoms with E-state index >= 15 is 0 Å². The van der Waals surface area contributed by atoms with Crippen LogP contribution in [0.3, 0.4) is 0 Å². The lowest BCUT2D eigenvalue weighted by Crippen LogP contribution is -2.28. The van der Waals surface area contributed by atoms with Crippen molar-refractivity contribution in [1.29, 1.82) is 0 Å². The first-order chi connectivity index (χ1) is 11.2. The largest absolute Gasteiger partial charge is 0.324 e.